The lowest BCUT2D eigenvalue weighted by atomic mass is 9.95. The van der Waals surface area contributed by atoms with Gasteiger partial charge in [0.2, 0.25) is 0 Å². The fourth-order valence-corrected chi connectivity index (χ4v) is 1.15. The van der Waals surface area contributed by atoms with Crippen LogP contribution >= 0.6 is 11.6 Å². The van der Waals surface area contributed by atoms with Crippen molar-refractivity contribution in [3.8, 4) is 0 Å². The Morgan fingerprint density at radius 3 is 2.22 bits per heavy atom. The van der Waals surface area contributed by atoms with Crippen molar-refractivity contribution in [3.63, 3.8) is 0 Å². The van der Waals surface area contributed by atoms with Crippen molar-refractivity contribution in [3.05, 3.63) is 10.7 Å². The van der Waals surface area contributed by atoms with Gasteiger partial charge in [-0.25, -0.2) is 0 Å². The van der Waals surface area contributed by atoms with E-state index in [0.29, 0.717) is 0 Å². The molecular weight excluding hydrogens is 134 g/mol. The summed E-state index contributed by atoms with van der Waals surface area (Å²) in [6.45, 7) is 7.26. The quantitative estimate of drug-likeness (QED) is 0.551. The molecule has 1 aliphatic heterocycles. The van der Waals surface area contributed by atoms with Gasteiger partial charge in [-0.15, -0.1) is 0 Å². The molecule has 0 saturated heterocycles. The predicted octanol–water partition coefficient (Wildman–Crippen LogP) is 2.09. The Balaban J connectivity index is 2.88. The third-order valence-electron chi connectivity index (χ3n) is 1.72. The Morgan fingerprint density at radius 1 is 1.56 bits per heavy atom. The van der Waals surface area contributed by atoms with E-state index in [1.54, 1.807) is 0 Å². The fraction of sp³-hybridized carbons (Fsp3) is 0.714. The number of rotatable bonds is 0. The van der Waals surface area contributed by atoms with Gasteiger partial charge in [-0.05, 0) is 6.92 Å². The molecule has 0 spiro atoms. The van der Waals surface area contributed by atoms with Crippen LogP contribution in [0.15, 0.2) is 10.7 Å². The summed E-state index contributed by atoms with van der Waals surface area (Å²) >= 11 is 5.97. The van der Waals surface area contributed by atoms with E-state index >= 15 is 0 Å². The van der Waals surface area contributed by atoms with E-state index in [4.69, 9.17) is 11.6 Å². The molecule has 1 nitrogen and oxygen atoms in total. The molecule has 1 heterocycles. The van der Waals surface area contributed by atoms with E-state index in [9.17, 15) is 0 Å². The molecule has 0 saturated carbocycles. The van der Waals surface area contributed by atoms with Crippen LogP contribution in [0.1, 0.15) is 20.8 Å². The van der Waals surface area contributed by atoms with Crippen molar-refractivity contribution in [2.45, 2.75) is 20.8 Å². The molecule has 0 radical (unpaired) electrons. The highest BCUT2D eigenvalue weighted by atomic mass is 35.5. The Kier molecular flexibility index (Phi) is 1.47. The lowest BCUT2D eigenvalue weighted by molar-refractivity contribution is 0.487. The van der Waals surface area contributed by atoms with Crippen LogP contribution < -0.4 is 5.32 Å². The molecular formula is C7H12ClN. The van der Waals surface area contributed by atoms with E-state index in [0.717, 1.165) is 17.3 Å². The van der Waals surface area contributed by atoms with Crippen LogP contribution in [0.4, 0.5) is 0 Å². The maximum Gasteiger partial charge on any atom is 0.0440 e. The largest absolute Gasteiger partial charge is 0.387 e. The first-order chi connectivity index (χ1) is 4.04. The Hall–Kier alpha value is -0.170. The van der Waals surface area contributed by atoms with Gasteiger partial charge in [-0.2, -0.15) is 0 Å². The van der Waals surface area contributed by atoms with E-state index in [1.807, 2.05) is 6.92 Å². The summed E-state index contributed by atoms with van der Waals surface area (Å²) in [5.41, 5.74) is 1.28. The minimum atomic E-state index is 0.158. The molecule has 0 aromatic rings. The van der Waals surface area contributed by atoms with Crippen LogP contribution in [0.5, 0.6) is 0 Å². The third kappa shape index (κ3) is 1.06. The van der Waals surface area contributed by atoms with Gasteiger partial charge in [-0.1, -0.05) is 25.4 Å². The second kappa shape index (κ2) is 1.91. The third-order valence-corrected chi connectivity index (χ3v) is 2.51. The monoisotopic (exact) mass is 145 g/mol. The van der Waals surface area contributed by atoms with Crippen molar-refractivity contribution in [1.82, 2.24) is 5.32 Å². The smallest absolute Gasteiger partial charge is 0.0440 e. The van der Waals surface area contributed by atoms with Crippen molar-refractivity contribution < 1.29 is 0 Å². The number of halogens is 1. The fourth-order valence-electron chi connectivity index (χ4n) is 1.02. The minimum absolute atomic E-state index is 0.158. The van der Waals surface area contributed by atoms with Crippen molar-refractivity contribution in [2.24, 2.45) is 5.41 Å². The molecule has 1 N–H and O–H groups in total. The SMILES string of the molecule is CC1=C(Cl)C(C)(C)CN1. The van der Waals surface area contributed by atoms with E-state index in [-0.39, 0.29) is 5.41 Å². The summed E-state index contributed by atoms with van der Waals surface area (Å²) in [5.74, 6) is 0. The molecule has 0 aliphatic carbocycles. The molecule has 0 amide bonds. The first-order valence-electron chi connectivity index (χ1n) is 3.15. The molecule has 0 atom stereocenters. The van der Waals surface area contributed by atoms with Crippen LogP contribution in [0.3, 0.4) is 0 Å². The first-order valence-corrected chi connectivity index (χ1v) is 3.52. The van der Waals surface area contributed by atoms with Crippen LogP contribution in [-0.2, 0) is 0 Å². The molecule has 0 aromatic heterocycles. The van der Waals surface area contributed by atoms with Gasteiger partial charge in [0, 0.05) is 22.7 Å². The van der Waals surface area contributed by atoms with E-state index in [1.165, 1.54) is 0 Å². The van der Waals surface area contributed by atoms with Gasteiger partial charge in [-0.3, -0.25) is 0 Å². The second-order valence-corrected chi connectivity index (χ2v) is 3.55. The van der Waals surface area contributed by atoms with E-state index < -0.39 is 0 Å². The topological polar surface area (TPSA) is 12.0 Å². The maximum atomic E-state index is 5.97. The lowest BCUT2D eigenvalue weighted by Gasteiger charge is -2.15. The molecule has 0 fully saturated rings. The zero-order valence-electron chi connectivity index (χ0n) is 6.09. The standard InChI is InChI=1S/C7H12ClN/c1-5-6(8)7(2,3)4-9-5/h9H,4H2,1-3H3. The van der Waals surface area contributed by atoms with E-state index in [2.05, 4.69) is 19.2 Å². The predicted molar refractivity (Wildman–Crippen MR) is 40.3 cm³/mol. The van der Waals surface area contributed by atoms with Crippen LogP contribution in [0, 0.1) is 5.41 Å². The van der Waals surface area contributed by atoms with Crippen LogP contribution in [0.25, 0.3) is 0 Å². The molecule has 1 aliphatic rings. The number of hydrogen-bond donors (Lipinski definition) is 1. The average Bonchev–Trinajstić information content (AvgIpc) is 1.97. The van der Waals surface area contributed by atoms with Crippen molar-refractivity contribution in [2.75, 3.05) is 6.54 Å². The van der Waals surface area contributed by atoms with Gasteiger partial charge in [0.15, 0.2) is 0 Å². The Labute approximate surface area is 61.1 Å². The molecule has 2 heteroatoms. The highest BCUT2D eigenvalue weighted by Gasteiger charge is 2.28. The molecule has 0 bridgehead atoms. The Morgan fingerprint density at radius 2 is 2.11 bits per heavy atom. The zero-order valence-corrected chi connectivity index (χ0v) is 6.84. The highest BCUT2D eigenvalue weighted by molar-refractivity contribution is 6.30. The summed E-state index contributed by atoms with van der Waals surface area (Å²) in [7, 11) is 0. The molecule has 1 rings (SSSR count). The maximum absolute atomic E-state index is 5.97. The van der Waals surface area contributed by atoms with Gasteiger partial charge in [0.05, 0.1) is 0 Å². The number of hydrogen-bond acceptors (Lipinski definition) is 1. The molecule has 52 valence electrons. The normalized spacial score (nSPS) is 24.4. The summed E-state index contributed by atoms with van der Waals surface area (Å²) in [6.07, 6.45) is 0. The Bertz CT molecular complexity index is 158. The van der Waals surface area contributed by atoms with Crippen LogP contribution in [-0.4, -0.2) is 6.54 Å². The van der Waals surface area contributed by atoms with Crippen molar-refractivity contribution in [1.29, 1.82) is 0 Å². The van der Waals surface area contributed by atoms with Gasteiger partial charge in [0.1, 0.15) is 0 Å². The minimum Gasteiger partial charge on any atom is -0.387 e. The van der Waals surface area contributed by atoms with Crippen molar-refractivity contribution >= 4 is 11.6 Å². The molecule has 9 heavy (non-hydrogen) atoms. The second-order valence-electron chi connectivity index (χ2n) is 3.18. The molecule has 0 unspecified atom stereocenters. The first kappa shape index (κ1) is 6.94. The number of allylic oxidation sites excluding steroid dienone is 1. The van der Waals surface area contributed by atoms with Crippen LogP contribution in [0.2, 0.25) is 0 Å². The van der Waals surface area contributed by atoms with Gasteiger partial charge >= 0.3 is 0 Å². The number of nitrogens with one attached hydrogen (secondary N) is 1. The van der Waals surface area contributed by atoms with Gasteiger partial charge in [0.25, 0.3) is 0 Å². The lowest BCUT2D eigenvalue weighted by Crippen LogP contribution is -2.18. The highest BCUT2D eigenvalue weighted by Crippen LogP contribution is 2.34. The summed E-state index contributed by atoms with van der Waals surface area (Å²) in [4.78, 5) is 0. The zero-order chi connectivity index (χ0) is 7.07. The summed E-state index contributed by atoms with van der Waals surface area (Å²) in [5, 5.41) is 4.18. The molecule has 0 aromatic carbocycles. The van der Waals surface area contributed by atoms with Gasteiger partial charge < -0.3 is 5.32 Å². The average molecular weight is 146 g/mol. The summed E-state index contributed by atoms with van der Waals surface area (Å²) < 4.78 is 0. The summed E-state index contributed by atoms with van der Waals surface area (Å²) in [6, 6.07) is 0.